The van der Waals surface area contributed by atoms with Crippen molar-refractivity contribution in [1.29, 1.82) is 0 Å². The first-order chi connectivity index (χ1) is 5.40. The average molecular weight is 146 g/mol. The molecule has 0 fully saturated rings. The molecular weight excluding hydrogens is 136 g/mol. The first kappa shape index (κ1) is 6.47. The molecule has 0 aromatic carbocycles. The van der Waals surface area contributed by atoms with Crippen molar-refractivity contribution in [1.82, 2.24) is 0 Å². The number of fused-ring (bicyclic) bond motifs is 1. The van der Waals surface area contributed by atoms with Crippen LogP contribution in [0.2, 0.25) is 0 Å². The highest BCUT2D eigenvalue weighted by atomic mass is 16.5. The molecule has 1 nitrogen and oxygen atoms in total. The van der Waals surface area contributed by atoms with Gasteiger partial charge in [-0.3, -0.25) is 0 Å². The number of ether oxygens (including phenoxy) is 1. The van der Waals surface area contributed by atoms with Crippen molar-refractivity contribution < 1.29 is 4.74 Å². The lowest BCUT2D eigenvalue weighted by Gasteiger charge is -1.91. The maximum absolute atomic E-state index is 5.14. The van der Waals surface area contributed by atoms with Crippen LogP contribution in [0, 0.1) is 0 Å². The van der Waals surface area contributed by atoms with E-state index in [2.05, 4.69) is 18.7 Å². The van der Waals surface area contributed by atoms with Gasteiger partial charge in [0.15, 0.2) is 0 Å². The monoisotopic (exact) mass is 146 g/mol. The van der Waals surface area contributed by atoms with Gasteiger partial charge in [0.25, 0.3) is 0 Å². The summed E-state index contributed by atoms with van der Waals surface area (Å²) >= 11 is 0. The molecule has 0 spiro atoms. The number of rotatable bonds is 2. The Balaban J connectivity index is 2.23. The van der Waals surface area contributed by atoms with Gasteiger partial charge in [-0.15, -0.1) is 6.58 Å². The number of hydrogen-bond acceptors (Lipinski definition) is 1. The molecule has 0 N–H and O–H groups in total. The third kappa shape index (κ3) is 1.03. The SMILES string of the molecule is C=CCC1=CC2=COCC2=C1. The van der Waals surface area contributed by atoms with Crippen LogP contribution in [0.15, 0.2) is 47.8 Å². The van der Waals surface area contributed by atoms with Crippen molar-refractivity contribution in [3.8, 4) is 0 Å². The van der Waals surface area contributed by atoms with Gasteiger partial charge in [-0.2, -0.15) is 0 Å². The minimum atomic E-state index is 0.743. The molecule has 0 atom stereocenters. The highest BCUT2D eigenvalue weighted by molar-refractivity contribution is 5.54. The lowest BCUT2D eigenvalue weighted by molar-refractivity contribution is 0.301. The number of hydrogen-bond donors (Lipinski definition) is 0. The predicted octanol–water partition coefficient (Wildman–Crippen LogP) is 2.34. The van der Waals surface area contributed by atoms with E-state index >= 15 is 0 Å². The quantitative estimate of drug-likeness (QED) is 0.543. The zero-order valence-corrected chi connectivity index (χ0v) is 6.34. The van der Waals surface area contributed by atoms with E-state index in [1.165, 1.54) is 16.7 Å². The Bertz CT molecular complexity index is 279. The molecule has 0 saturated heterocycles. The summed E-state index contributed by atoms with van der Waals surface area (Å²) in [5, 5.41) is 0. The van der Waals surface area contributed by atoms with Gasteiger partial charge >= 0.3 is 0 Å². The molecule has 0 bridgehead atoms. The molecule has 2 rings (SSSR count). The second kappa shape index (κ2) is 2.42. The van der Waals surface area contributed by atoms with E-state index in [1.54, 1.807) is 0 Å². The predicted molar refractivity (Wildman–Crippen MR) is 45.0 cm³/mol. The lowest BCUT2D eigenvalue weighted by atomic mass is 10.2. The van der Waals surface area contributed by atoms with Gasteiger partial charge in [0.05, 0.1) is 6.26 Å². The van der Waals surface area contributed by atoms with E-state index in [9.17, 15) is 0 Å². The Morgan fingerprint density at radius 2 is 2.45 bits per heavy atom. The van der Waals surface area contributed by atoms with Crippen molar-refractivity contribution in [3.05, 3.63) is 47.8 Å². The van der Waals surface area contributed by atoms with Crippen LogP contribution in [0.3, 0.4) is 0 Å². The van der Waals surface area contributed by atoms with Crippen LogP contribution < -0.4 is 0 Å². The van der Waals surface area contributed by atoms with Gasteiger partial charge in [-0.25, -0.2) is 0 Å². The standard InChI is InChI=1S/C10H10O/c1-2-3-8-4-9-6-11-7-10(9)5-8/h2,4-6H,1,3,7H2. The topological polar surface area (TPSA) is 9.23 Å². The fraction of sp³-hybridized carbons (Fsp3) is 0.200. The molecule has 0 radical (unpaired) electrons. The smallest absolute Gasteiger partial charge is 0.113 e. The van der Waals surface area contributed by atoms with Crippen molar-refractivity contribution >= 4 is 0 Å². The van der Waals surface area contributed by atoms with Crippen LogP contribution in [-0.2, 0) is 4.74 Å². The molecule has 0 saturated carbocycles. The Morgan fingerprint density at radius 1 is 1.55 bits per heavy atom. The van der Waals surface area contributed by atoms with Crippen LogP contribution in [0.25, 0.3) is 0 Å². The summed E-state index contributed by atoms with van der Waals surface area (Å²) in [6, 6.07) is 0. The first-order valence-electron chi connectivity index (χ1n) is 3.74. The van der Waals surface area contributed by atoms with E-state index in [4.69, 9.17) is 4.74 Å². The third-order valence-electron chi connectivity index (χ3n) is 1.90. The Morgan fingerprint density at radius 3 is 3.18 bits per heavy atom. The summed E-state index contributed by atoms with van der Waals surface area (Å²) in [5.74, 6) is 0. The molecule has 0 aromatic rings. The average Bonchev–Trinajstić information content (AvgIpc) is 2.46. The van der Waals surface area contributed by atoms with Crippen molar-refractivity contribution in [2.24, 2.45) is 0 Å². The zero-order valence-electron chi connectivity index (χ0n) is 6.34. The second-order valence-corrected chi connectivity index (χ2v) is 2.77. The summed E-state index contributed by atoms with van der Waals surface area (Å²) in [4.78, 5) is 0. The Hall–Kier alpha value is -1.24. The molecule has 56 valence electrons. The fourth-order valence-electron chi connectivity index (χ4n) is 1.38. The Labute approximate surface area is 66.4 Å². The summed E-state index contributed by atoms with van der Waals surface area (Å²) in [5.41, 5.74) is 3.88. The van der Waals surface area contributed by atoms with Crippen molar-refractivity contribution in [2.45, 2.75) is 6.42 Å². The van der Waals surface area contributed by atoms with Crippen LogP contribution in [0.5, 0.6) is 0 Å². The molecular formula is C10H10O. The largest absolute Gasteiger partial charge is 0.496 e. The fourth-order valence-corrected chi connectivity index (χ4v) is 1.38. The van der Waals surface area contributed by atoms with Gasteiger partial charge in [0.1, 0.15) is 6.61 Å². The molecule has 1 heterocycles. The van der Waals surface area contributed by atoms with Crippen LogP contribution >= 0.6 is 0 Å². The summed E-state index contributed by atoms with van der Waals surface area (Å²) in [7, 11) is 0. The highest BCUT2D eigenvalue weighted by Gasteiger charge is 2.16. The summed E-state index contributed by atoms with van der Waals surface area (Å²) in [6.07, 6.45) is 9.04. The van der Waals surface area contributed by atoms with Gasteiger partial charge in [-0.05, 0) is 23.6 Å². The van der Waals surface area contributed by atoms with Crippen LogP contribution in [-0.4, -0.2) is 6.61 Å². The first-order valence-corrected chi connectivity index (χ1v) is 3.74. The van der Waals surface area contributed by atoms with Crippen molar-refractivity contribution in [3.63, 3.8) is 0 Å². The molecule has 1 heteroatoms. The van der Waals surface area contributed by atoms with Crippen LogP contribution in [0.4, 0.5) is 0 Å². The van der Waals surface area contributed by atoms with E-state index in [1.807, 2.05) is 12.3 Å². The maximum atomic E-state index is 5.14. The van der Waals surface area contributed by atoms with Gasteiger partial charge in [-0.1, -0.05) is 12.2 Å². The van der Waals surface area contributed by atoms with E-state index in [-0.39, 0.29) is 0 Å². The maximum Gasteiger partial charge on any atom is 0.113 e. The molecule has 0 unspecified atom stereocenters. The molecule has 0 aromatic heterocycles. The molecule has 1 aliphatic carbocycles. The lowest BCUT2D eigenvalue weighted by Crippen LogP contribution is -1.81. The van der Waals surface area contributed by atoms with Gasteiger partial charge in [0.2, 0.25) is 0 Å². The van der Waals surface area contributed by atoms with E-state index in [0.717, 1.165) is 13.0 Å². The third-order valence-corrected chi connectivity index (χ3v) is 1.90. The molecule has 0 amide bonds. The summed E-state index contributed by atoms with van der Waals surface area (Å²) < 4.78 is 5.14. The van der Waals surface area contributed by atoms with Crippen LogP contribution in [0.1, 0.15) is 6.42 Å². The minimum Gasteiger partial charge on any atom is -0.496 e. The van der Waals surface area contributed by atoms with Crippen molar-refractivity contribution in [2.75, 3.05) is 6.61 Å². The van der Waals surface area contributed by atoms with Gasteiger partial charge < -0.3 is 4.74 Å². The van der Waals surface area contributed by atoms with E-state index < -0.39 is 0 Å². The second-order valence-electron chi connectivity index (χ2n) is 2.77. The Kier molecular flexibility index (Phi) is 1.42. The highest BCUT2D eigenvalue weighted by Crippen LogP contribution is 2.29. The zero-order chi connectivity index (χ0) is 7.68. The minimum absolute atomic E-state index is 0.743. The molecule has 2 aliphatic rings. The normalized spacial score (nSPS) is 19.8. The van der Waals surface area contributed by atoms with E-state index in [0.29, 0.717) is 0 Å². The molecule has 11 heavy (non-hydrogen) atoms. The molecule has 1 aliphatic heterocycles. The number of allylic oxidation sites excluding steroid dienone is 4. The van der Waals surface area contributed by atoms with Gasteiger partial charge in [0, 0.05) is 5.57 Å². The summed E-state index contributed by atoms with van der Waals surface area (Å²) in [6.45, 7) is 4.44.